The number of amides is 2. The molecule has 21 heavy (non-hydrogen) atoms. The van der Waals surface area contributed by atoms with Gasteiger partial charge in [0.25, 0.3) is 0 Å². The summed E-state index contributed by atoms with van der Waals surface area (Å²) in [6.45, 7) is 3.84. The normalized spacial score (nSPS) is 15.9. The van der Waals surface area contributed by atoms with Crippen molar-refractivity contribution in [3.8, 4) is 0 Å². The van der Waals surface area contributed by atoms with Crippen molar-refractivity contribution in [3.05, 3.63) is 18.7 Å². The van der Waals surface area contributed by atoms with Crippen molar-refractivity contribution in [1.29, 1.82) is 0 Å². The van der Waals surface area contributed by atoms with Crippen LogP contribution in [0.4, 0.5) is 4.79 Å². The number of imidazole rings is 1. The molecule has 1 fully saturated rings. The molecule has 1 aromatic heterocycles. The van der Waals surface area contributed by atoms with Crippen LogP contribution in [0.5, 0.6) is 0 Å². The van der Waals surface area contributed by atoms with E-state index in [2.05, 4.69) is 10.3 Å². The second kappa shape index (κ2) is 7.63. The fraction of sp³-hybridized carbons (Fsp3) is 0.615. The van der Waals surface area contributed by atoms with E-state index >= 15 is 0 Å². The molecule has 0 atom stereocenters. The number of hydrogen-bond acceptors (Lipinski definition) is 4. The Morgan fingerprint density at radius 3 is 2.62 bits per heavy atom. The summed E-state index contributed by atoms with van der Waals surface area (Å²) in [7, 11) is 0. The van der Waals surface area contributed by atoms with Gasteiger partial charge in [0.2, 0.25) is 0 Å². The predicted octanol–water partition coefficient (Wildman–Crippen LogP) is -0.315. The van der Waals surface area contributed by atoms with Gasteiger partial charge < -0.3 is 19.9 Å². The first-order valence-electron chi connectivity index (χ1n) is 7.08. The third-order valence-corrected chi connectivity index (χ3v) is 3.45. The number of aliphatic carboxylic acids is 1. The molecule has 1 saturated heterocycles. The van der Waals surface area contributed by atoms with Gasteiger partial charge in [-0.1, -0.05) is 0 Å². The molecule has 0 radical (unpaired) electrons. The Morgan fingerprint density at radius 1 is 1.24 bits per heavy atom. The van der Waals surface area contributed by atoms with Crippen LogP contribution >= 0.6 is 0 Å². The monoisotopic (exact) mass is 295 g/mol. The summed E-state index contributed by atoms with van der Waals surface area (Å²) in [5.74, 6) is -0.826. The Balaban J connectivity index is 1.60. The fourth-order valence-corrected chi connectivity index (χ4v) is 2.29. The van der Waals surface area contributed by atoms with Crippen molar-refractivity contribution in [2.24, 2.45) is 0 Å². The van der Waals surface area contributed by atoms with Gasteiger partial charge in [0.15, 0.2) is 0 Å². The number of nitrogens with zero attached hydrogens (tertiary/aromatic N) is 4. The third kappa shape index (κ3) is 5.07. The van der Waals surface area contributed by atoms with Gasteiger partial charge >= 0.3 is 12.0 Å². The molecular formula is C13H21N5O3. The maximum absolute atomic E-state index is 11.9. The van der Waals surface area contributed by atoms with Crippen LogP contribution in [0, 0.1) is 0 Å². The number of carbonyl (C=O) groups excluding carboxylic acids is 1. The molecule has 1 aromatic rings. The zero-order valence-corrected chi connectivity index (χ0v) is 11.9. The highest BCUT2D eigenvalue weighted by Gasteiger charge is 2.21. The summed E-state index contributed by atoms with van der Waals surface area (Å²) in [4.78, 5) is 30.1. The third-order valence-electron chi connectivity index (χ3n) is 3.45. The molecule has 8 nitrogen and oxygen atoms in total. The number of carbonyl (C=O) groups is 2. The largest absolute Gasteiger partial charge is 0.480 e. The summed E-state index contributed by atoms with van der Waals surface area (Å²) >= 11 is 0. The van der Waals surface area contributed by atoms with E-state index in [1.165, 1.54) is 0 Å². The van der Waals surface area contributed by atoms with Gasteiger partial charge in [0.05, 0.1) is 12.9 Å². The van der Waals surface area contributed by atoms with E-state index in [0.717, 1.165) is 13.0 Å². The molecule has 2 rings (SSSR count). The lowest BCUT2D eigenvalue weighted by molar-refractivity contribution is -0.138. The number of hydrogen-bond donors (Lipinski definition) is 2. The van der Waals surface area contributed by atoms with E-state index in [4.69, 9.17) is 5.11 Å². The number of urea groups is 1. The quantitative estimate of drug-likeness (QED) is 0.702. The van der Waals surface area contributed by atoms with E-state index < -0.39 is 5.97 Å². The smallest absolute Gasteiger partial charge is 0.317 e. The Labute approximate surface area is 123 Å². The fourth-order valence-electron chi connectivity index (χ4n) is 2.29. The van der Waals surface area contributed by atoms with Gasteiger partial charge in [-0.05, 0) is 6.42 Å². The van der Waals surface area contributed by atoms with Crippen molar-refractivity contribution in [2.75, 3.05) is 39.3 Å². The first-order chi connectivity index (χ1) is 10.1. The van der Waals surface area contributed by atoms with E-state index in [1.807, 2.05) is 15.7 Å². The van der Waals surface area contributed by atoms with Crippen LogP contribution in [0.1, 0.15) is 6.42 Å². The molecule has 1 aliphatic heterocycles. The first-order valence-corrected chi connectivity index (χ1v) is 7.08. The Bertz CT molecular complexity index is 454. The Kier molecular flexibility index (Phi) is 5.56. The average Bonchev–Trinajstić information content (AvgIpc) is 2.97. The molecule has 2 amide bonds. The lowest BCUT2D eigenvalue weighted by atomic mass is 10.3. The summed E-state index contributed by atoms with van der Waals surface area (Å²) < 4.78 is 1.97. The van der Waals surface area contributed by atoms with Crippen LogP contribution in [-0.4, -0.2) is 75.7 Å². The lowest BCUT2D eigenvalue weighted by Gasteiger charge is -2.33. The zero-order valence-electron chi connectivity index (χ0n) is 11.9. The number of carboxylic acid groups (broad SMARTS) is 1. The van der Waals surface area contributed by atoms with Crippen LogP contribution in [-0.2, 0) is 11.3 Å². The van der Waals surface area contributed by atoms with E-state index in [1.54, 1.807) is 17.4 Å². The van der Waals surface area contributed by atoms with Gasteiger partial charge in [-0.3, -0.25) is 9.69 Å². The number of rotatable bonds is 6. The summed E-state index contributed by atoms with van der Waals surface area (Å²) in [5, 5.41) is 11.6. The van der Waals surface area contributed by atoms with Gasteiger partial charge in [0.1, 0.15) is 0 Å². The van der Waals surface area contributed by atoms with Gasteiger partial charge in [-0.15, -0.1) is 0 Å². The number of piperazine rings is 1. The van der Waals surface area contributed by atoms with Crippen molar-refractivity contribution < 1.29 is 14.7 Å². The Morgan fingerprint density at radius 2 is 2.00 bits per heavy atom. The lowest BCUT2D eigenvalue weighted by Crippen LogP contribution is -2.52. The molecule has 8 heteroatoms. The minimum atomic E-state index is -0.826. The predicted molar refractivity (Wildman–Crippen MR) is 75.9 cm³/mol. The maximum Gasteiger partial charge on any atom is 0.317 e. The molecule has 0 aromatic carbocycles. The first kappa shape index (κ1) is 15.3. The highest BCUT2D eigenvalue weighted by atomic mass is 16.4. The molecule has 0 bridgehead atoms. The van der Waals surface area contributed by atoms with Crippen LogP contribution in [0.3, 0.4) is 0 Å². The zero-order chi connectivity index (χ0) is 15.1. The number of aromatic nitrogens is 2. The van der Waals surface area contributed by atoms with Crippen LogP contribution in [0.25, 0.3) is 0 Å². The van der Waals surface area contributed by atoms with Crippen LogP contribution in [0.2, 0.25) is 0 Å². The minimum absolute atomic E-state index is 0.0420. The van der Waals surface area contributed by atoms with Crippen LogP contribution in [0.15, 0.2) is 18.7 Å². The minimum Gasteiger partial charge on any atom is -0.480 e. The maximum atomic E-state index is 11.9. The number of carboxylic acids is 1. The molecule has 0 aliphatic carbocycles. The van der Waals surface area contributed by atoms with Crippen molar-refractivity contribution in [2.45, 2.75) is 13.0 Å². The van der Waals surface area contributed by atoms with E-state index in [-0.39, 0.29) is 12.6 Å². The number of aryl methyl sites for hydroxylation is 1. The molecule has 0 unspecified atom stereocenters. The topological polar surface area (TPSA) is 90.7 Å². The van der Waals surface area contributed by atoms with Gasteiger partial charge in [0, 0.05) is 51.7 Å². The Hall–Kier alpha value is -2.09. The average molecular weight is 295 g/mol. The molecule has 2 N–H and O–H groups in total. The van der Waals surface area contributed by atoms with Crippen molar-refractivity contribution in [3.63, 3.8) is 0 Å². The highest BCUT2D eigenvalue weighted by Crippen LogP contribution is 2.01. The molecular weight excluding hydrogens is 274 g/mol. The van der Waals surface area contributed by atoms with Crippen molar-refractivity contribution in [1.82, 2.24) is 24.7 Å². The number of nitrogens with one attached hydrogen (secondary N) is 1. The molecule has 116 valence electrons. The van der Waals surface area contributed by atoms with Gasteiger partial charge in [-0.2, -0.15) is 0 Å². The second-order valence-electron chi connectivity index (χ2n) is 5.04. The summed E-state index contributed by atoms with van der Waals surface area (Å²) in [6, 6.07) is -0.0735. The molecule has 0 spiro atoms. The highest BCUT2D eigenvalue weighted by molar-refractivity contribution is 5.74. The SMILES string of the molecule is O=C(O)CN1CCN(C(=O)NCCCn2ccnc2)CC1. The van der Waals surface area contributed by atoms with Crippen molar-refractivity contribution >= 4 is 12.0 Å². The standard InChI is InChI=1S/C13H21N5O3/c19-12(20)10-16-6-8-18(9-7-16)13(21)15-2-1-4-17-5-3-14-11-17/h3,5,11H,1-2,4,6-10H2,(H,15,21)(H,19,20). The molecule has 2 heterocycles. The molecule has 0 saturated carbocycles. The molecule has 1 aliphatic rings. The van der Waals surface area contributed by atoms with Gasteiger partial charge in [-0.25, -0.2) is 9.78 Å². The summed E-state index contributed by atoms with van der Waals surface area (Å²) in [5.41, 5.74) is 0. The van der Waals surface area contributed by atoms with Crippen LogP contribution < -0.4 is 5.32 Å². The van der Waals surface area contributed by atoms with E-state index in [9.17, 15) is 9.59 Å². The van der Waals surface area contributed by atoms with E-state index in [0.29, 0.717) is 32.7 Å². The summed E-state index contributed by atoms with van der Waals surface area (Å²) in [6.07, 6.45) is 6.23. The second-order valence-corrected chi connectivity index (χ2v) is 5.04.